The van der Waals surface area contributed by atoms with E-state index in [9.17, 15) is 14.4 Å². The van der Waals surface area contributed by atoms with Crippen LogP contribution in [0.25, 0.3) is 22.3 Å². The van der Waals surface area contributed by atoms with Gasteiger partial charge in [0.1, 0.15) is 6.61 Å². The number of anilines is 2. The minimum Gasteiger partial charge on any atom is -0.457 e. The van der Waals surface area contributed by atoms with E-state index in [1.807, 2.05) is 48.5 Å². The summed E-state index contributed by atoms with van der Waals surface area (Å²) in [5.74, 6) is -1.32. The van der Waals surface area contributed by atoms with Crippen molar-refractivity contribution in [1.82, 2.24) is 9.55 Å². The SMILES string of the molecule is CC[C@@]1(OC(C)=O)C(=O)OCc2c1cc1n(c2=O)Cc2c-1nc1cccc(N)c1c2NCc1ccccc1. The average Bonchev–Trinajstić information content (AvgIpc) is 3.28. The number of rotatable bonds is 5. The summed E-state index contributed by atoms with van der Waals surface area (Å²) in [7, 11) is 0. The number of carbonyl (C=O) groups excluding carboxylic acids is 2. The zero-order valence-electron chi connectivity index (χ0n) is 21.0. The van der Waals surface area contributed by atoms with Gasteiger partial charge in [-0.1, -0.05) is 43.3 Å². The van der Waals surface area contributed by atoms with Crippen molar-refractivity contribution in [2.45, 2.75) is 45.6 Å². The van der Waals surface area contributed by atoms with Gasteiger partial charge in [-0.05, 0) is 30.2 Å². The number of fused-ring (bicyclic) bond motifs is 5. The molecule has 2 aromatic carbocycles. The molecule has 3 N–H and O–H groups in total. The molecule has 0 unspecified atom stereocenters. The van der Waals surface area contributed by atoms with Crippen molar-refractivity contribution >= 4 is 34.2 Å². The van der Waals surface area contributed by atoms with E-state index in [0.29, 0.717) is 40.3 Å². The molecule has 0 amide bonds. The van der Waals surface area contributed by atoms with Crippen LogP contribution in [0.5, 0.6) is 0 Å². The number of cyclic esters (lactones) is 1. The fourth-order valence-corrected chi connectivity index (χ4v) is 5.54. The number of nitrogens with one attached hydrogen (secondary N) is 1. The Hall–Kier alpha value is -4.66. The van der Waals surface area contributed by atoms with Crippen molar-refractivity contribution in [3.63, 3.8) is 0 Å². The summed E-state index contributed by atoms with van der Waals surface area (Å²) in [5, 5.41) is 4.33. The van der Waals surface area contributed by atoms with E-state index in [1.165, 1.54) is 6.92 Å². The van der Waals surface area contributed by atoms with Gasteiger partial charge < -0.3 is 25.1 Å². The molecule has 192 valence electrons. The lowest BCUT2D eigenvalue weighted by Gasteiger charge is -2.35. The molecule has 9 nitrogen and oxygen atoms in total. The number of hydrogen-bond donors (Lipinski definition) is 2. The molecule has 0 saturated heterocycles. The van der Waals surface area contributed by atoms with Crippen molar-refractivity contribution in [2.75, 3.05) is 11.1 Å². The van der Waals surface area contributed by atoms with E-state index in [-0.39, 0.29) is 25.1 Å². The van der Waals surface area contributed by atoms with Crippen LogP contribution in [0.3, 0.4) is 0 Å². The fraction of sp³-hybridized carbons (Fsp3) is 0.241. The quantitative estimate of drug-likeness (QED) is 0.270. The Morgan fingerprint density at radius 2 is 1.95 bits per heavy atom. The number of esters is 2. The fourth-order valence-electron chi connectivity index (χ4n) is 5.54. The van der Waals surface area contributed by atoms with Crippen molar-refractivity contribution < 1.29 is 19.1 Å². The number of benzene rings is 2. The highest BCUT2D eigenvalue weighted by atomic mass is 16.6. The van der Waals surface area contributed by atoms with Crippen molar-refractivity contribution in [1.29, 1.82) is 0 Å². The normalized spacial score (nSPS) is 17.4. The third-order valence-corrected chi connectivity index (χ3v) is 7.34. The summed E-state index contributed by atoms with van der Waals surface area (Å²) in [4.78, 5) is 43.6. The van der Waals surface area contributed by atoms with Gasteiger partial charge in [0.05, 0.1) is 34.7 Å². The second-order valence-electron chi connectivity index (χ2n) is 9.56. The third kappa shape index (κ3) is 3.46. The minimum atomic E-state index is -1.69. The standard InChI is InChI=1S/C29H26N4O5/c1-3-29(38-16(2)34)20-12-23-25-18(14-33(23)27(35)19(20)15-37-28(29)36)26(31-13-17-8-5-4-6-9-17)24-21(30)10-7-11-22(24)32-25/h4-12H,3,13-15,30H2,1-2H3,(H,31,32)/t29-/m0/s1. The van der Waals surface area contributed by atoms with Gasteiger partial charge in [0.15, 0.2) is 0 Å². The number of nitrogens with zero attached hydrogens (tertiary/aromatic N) is 2. The van der Waals surface area contributed by atoms with Crippen molar-refractivity contribution in [3.8, 4) is 11.4 Å². The van der Waals surface area contributed by atoms with Gasteiger partial charge in [-0.15, -0.1) is 0 Å². The molecular formula is C29H26N4O5. The van der Waals surface area contributed by atoms with Crippen molar-refractivity contribution in [2.24, 2.45) is 0 Å². The van der Waals surface area contributed by atoms with Gasteiger partial charge in [-0.25, -0.2) is 9.78 Å². The summed E-state index contributed by atoms with van der Waals surface area (Å²) in [5.41, 5.74) is 10.2. The molecule has 6 rings (SSSR count). The van der Waals surface area contributed by atoms with Crippen LogP contribution in [-0.2, 0) is 44.4 Å². The van der Waals surface area contributed by atoms with Gasteiger partial charge in [-0.3, -0.25) is 9.59 Å². The maximum absolute atomic E-state index is 13.8. The van der Waals surface area contributed by atoms with Crippen LogP contribution in [0.15, 0.2) is 59.4 Å². The van der Waals surface area contributed by atoms with Gasteiger partial charge in [0, 0.05) is 35.7 Å². The first-order valence-electron chi connectivity index (χ1n) is 12.5. The molecule has 2 aliphatic heterocycles. The smallest absolute Gasteiger partial charge is 0.355 e. The first kappa shape index (κ1) is 23.7. The molecule has 0 bridgehead atoms. The van der Waals surface area contributed by atoms with Crippen LogP contribution in [0, 0.1) is 0 Å². The third-order valence-electron chi connectivity index (χ3n) is 7.34. The molecule has 4 aromatic rings. The van der Waals surface area contributed by atoms with Crippen LogP contribution in [0.1, 0.15) is 42.5 Å². The highest BCUT2D eigenvalue weighted by Crippen LogP contribution is 2.44. The Kier molecular flexibility index (Phi) is 5.45. The molecule has 4 heterocycles. The number of aromatic nitrogens is 2. The predicted octanol–water partition coefficient (Wildman–Crippen LogP) is 3.84. The summed E-state index contributed by atoms with van der Waals surface area (Å²) in [6.45, 7) is 3.59. The molecule has 0 aliphatic carbocycles. The maximum atomic E-state index is 13.8. The molecule has 9 heteroatoms. The molecular weight excluding hydrogens is 484 g/mol. The topological polar surface area (TPSA) is 126 Å². The Morgan fingerprint density at radius 1 is 1.16 bits per heavy atom. The van der Waals surface area contributed by atoms with Crippen LogP contribution in [0.2, 0.25) is 0 Å². The van der Waals surface area contributed by atoms with E-state index in [1.54, 1.807) is 17.6 Å². The van der Waals surface area contributed by atoms with Gasteiger partial charge in [0.25, 0.3) is 5.56 Å². The minimum absolute atomic E-state index is 0.125. The molecule has 2 aliphatic rings. The van der Waals surface area contributed by atoms with E-state index in [0.717, 1.165) is 22.2 Å². The molecule has 1 atom stereocenters. The largest absolute Gasteiger partial charge is 0.457 e. The molecule has 2 aromatic heterocycles. The van der Waals surface area contributed by atoms with Crippen LogP contribution < -0.4 is 16.6 Å². The van der Waals surface area contributed by atoms with E-state index in [2.05, 4.69) is 5.32 Å². The Morgan fingerprint density at radius 3 is 2.68 bits per heavy atom. The monoisotopic (exact) mass is 510 g/mol. The zero-order valence-corrected chi connectivity index (χ0v) is 21.0. The maximum Gasteiger partial charge on any atom is 0.355 e. The van der Waals surface area contributed by atoms with Crippen LogP contribution in [0.4, 0.5) is 11.4 Å². The number of nitrogens with two attached hydrogens (primary N) is 1. The van der Waals surface area contributed by atoms with Crippen LogP contribution >= 0.6 is 0 Å². The number of hydrogen-bond acceptors (Lipinski definition) is 8. The highest BCUT2D eigenvalue weighted by molar-refractivity contribution is 6.04. The Balaban J connectivity index is 1.57. The molecule has 38 heavy (non-hydrogen) atoms. The molecule has 0 spiro atoms. The zero-order chi connectivity index (χ0) is 26.6. The first-order chi connectivity index (χ1) is 18.3. The number of carbonyl (C=O) groups is 2. The van der Waals surface area contributed by atoms with E-state index in [4.69, 9.17) is 20.2 Å². The van der Waals surface area contributed by atoms with E-state index < -0.39 is 17.5 Å². The second kappa shape index (κ2) is 8.72. The lowest BCUT2D eigenvalue weighted by atomic mass is 9.85. The molecule has 0 fully saturated rings. The average molecular weight is 511 g/mol. The highest BCUT2D eigenvalue weighted by Gasteiger charge is 2.50. The van der Waals surface area contributed by atoms with Gasteiger partial charge >= 0.3 is 11.9 Å². The van der Waals surface area contributed by atoms with E-state index >= 15 is 0 Å². The number of pyridine rings is 2. The molecule has 0 radical (unpaired) electrons. The second-order valence-corrected chi connectivity index (χ2v) is 9.56. The lowest BCUT2D eigenvalue weighted by Crippen LogP contribution is -2.47. The summed E-state index contributed by atoms with van der Waals surface area (Å²) in [6, 6.07) is 17.3. The molecule has 0 saturated carbocycles. The van der Waals surface area contributed by atoms with Crippen molar-refractivity contribution in [3.05, 3.63) is 87.2 Å². The number of nitrogen functional groups attached to an aromatic ring is 1. The predicted molar refractivity (Wildman–Crippen MR) is 142 cm³/mol. The number of ether oxygens (including phenoxy) is 2. The Bertz CT molecular complexity index is 1700. The first-order valence-corrected chi connectivity index (χ1v) is 12.5. The van der Waals surface area contributed by atoms with Crippen LogP contribution in [-0.4, -0.2) is 21.5 Å². The lowest BCUT2D eigenvalue weighted by molar-refractivity contribution is -0.188. The Labute approximate surface area is 218 Å². The summed E-state index contributed by atoms with van der Waals surface area (Å²) in [6.07, 6.45) is 0.125. The van der Waals surface area contributed by atoms with Gasteiger partial charge in [0.2, 0.25) is 5.60 Å². The summed E-state index contributed by atoms with van der Waals surface area (Å²) >= 11 is 0. The summed E-state index contributed by atoms with van der Waals surface area (Å²) < 4.78 is 12.5. The van der Waals surface area contributed by atoms with Gasteiger partial charge in [-0.2, -0.15) is 0 Å².